The highest BCUT2D eigenvalue weighted by molar-refractivity contribution is 7.14. The zero-order valence-corrected chi connectivity index (χ0v) is 14.5. The quantitative estimate of drug-likeness (QED) is 0.713. The highest BCUT2D eigenvalue weighted by atomic mass is 35.5. The van der Waals surface area contributed by atoms with E-state index in [1.165, 1.54) is 11.3 Å². The first kappa shape index (κ1) is 16.5. The van der Waals surface area contributed by atoms with Crippen LogP contribution in [0.15, 0.2) is 53.9 Å². The lowest BCUT2D eigenvalue weighted by Gasteiger charge is -2.08. The SMILES string of the molecule is Cc1cc(Cl)ccc1OCC(=O)Nc1nc(-c2ccccc2)cs1. The number of aryl methyl sites for hydroxylation is 1. The lowest BCUT2D eigenvalue weighted by Crippen LogP contribution is -2.20. The Balaban J connectivity index is 1.58. The summed E-state index contributed by atoms with van der Waals surface area (Å²) in [5, 5.41) is 5.85. The predicted octanol–water partition coefficient (Wildman–Crippen LogP) is 4.79. The molecule has 24 heavy (non-hydrogen) atoms. The number of rotatable bonds is 5. The van der Waals surface area contributed by atoms with E-state index in [1.807, 2.05) is 42.6 Å². The Morgan fingerprint density at radius 1 is 1.25 bits per heavy atom. The Kier molecular flexibility index (Phi) is 5.13. The molecule has 0 saturated carbocycles. The third kappa shape index (κ3) is 4.13. The first-order valence-electron chi connectivity index (χ1n) is 7.31. The number of nitrogens with one attached hydrogen (secondary N) is 1. The monoisotopic (exact) mass is 358 g/mol. The summed E-state index contributed by atoms with van der Waals surface area (Å²) in [6.45, 7) is 1.80. The zero-order chi connectivity index (χ0) is 16.9. The molecule has 3 rings (SSSR count). The predicted molar refractivity (Wildman–Crippen MR) is 97.9 cm³/mol. The third-order valence-corrected chi connectivity index (χ3v) is 4.31. The van der Waals surface area contributed by atoms with Crippen molar-refractivity contribution in [2.45, 2.75) is 6.92 Å². The number of hydrogen-bond donors (Lipinski definition) is 1. The van der Waals surface area contributed by atoms with Crippen molar-refractivity contribution in [3.63, 3.8) is 0 Å². The second-order valence-corrected chi connectivity index (χ2v) is 6.45. The molecule has 0 saturated heterocycles. The molecule has 0 fully saturated rings. The van der Waals surface area contributed by atoms with E-state index in [2.05, 4.69) is 10.3 Å². The van der Waals surface area contributed by atoms with Gasteiger partial charge in [-0.15, -0.1) is 11.3 Å². The van der Waals surface area contributed by atoms with E-state index < -0.39 is 0 Å². The van der Waals surface area contributed by atoms with Gasteiger partial charge in [-0.25, -0.2) is 4.98 Å². The molecule has 1 aromatic heterocycles. The Labute approximate surface area is 149 Å². The van der Waals surface area contributed by atoms with Crippen molar-refractivity contribution in [3.05, 3.63) is 64.5 Å². The van der Waals surface area contributed by atoms with E-state index in [1.54, 1.807) is 18.2 Å². The molecule has 0 bridgehead atoms. The topological polar surface area (TPSA) is 51.2 Å². The number of ether oxygens (including phenoxy) is 1. The van der Waals surface area contributed by atoms with Crippen LogP contribution in [0.2, 0.25) is 5.02 Å². The van der Waals surface area contributed by atoms with Gasteiger partial charge in [-0.2, -0.15) is 0 Å². The molecular weight excluding hydrogens is 344 g/mol. The molecular formula is C18H15ClN2O2S. The fraction of sp³-hybridized carbons (Fsp3) is 0.111. The Hall–Kier alpha value is -2.37. The molecule has 0 aliphatic rings. The number of carbonyl (C=O) groups is 1. The van der Waals surface area contributed by atoms with Crippen LogP contribution < -0.4 is 10.1 Å². The largest absolute Gasteiger partial charge is 0.483 e. The van der Waals surface area contributed by atoms with Gasteiger partial charge in [0.15, 0.2) is 11.7 Å². The Morgan fingerprint density at radius 2 is 2.04 bits per heavy atom. The highest BCUT2D eigenvalue weighted by Crippen LogP contribution is 2.25. The molecule has 122 valence electrons. The smallest absolute Gasteiger partial charge is 0.264 e. The molecule has 4 nitrogen and oxygen atoms in total. The number of hydrogen-bond acceptors (Lipinski definition) is 4. The van der Waals surface area contributed by atoms with Gasteiger partial charge in [0.25, 0.3) is 5.91 Å². The standard InChI is InChI=1S/C18H15ClN2O2S/c1-12-9-14(19)7-8-16(12)23-10-17(22)21-18-20-15(11-24-18)13-5-3-2-4-6-13/h2-9,11H,10H2,1H3,(H,20,21,22). The molecule has 0 atom stereocenters. The summed E-state index contributed by atoms with van der Waals surface area (Å²) in [4.78, 5) is 16.4. The maximum atomic E-state index is 12.0. The number of nitrogens with zero attached hydrogens (tertiary/aromatic N) is 1. The average molecular weight is 359 g/mol. The first-order chi connectivity index (χ1) is 11.6. The molecule has 1 heterocycles. The van der Waals surface area contributed by atoms with Gasteiger partial charge in [-0.05, 0) is 30.7 Å². The molecule has 2 aromatic carbocycles. The van der Waals surface area contributed by atoms with Gasteiger partial charge in [-0.3, -0.25) is 10.1 Å². The van der Waals surface area contributed by atoms with Crippen LogP contribution in [0.5, 0.6) is 5.75 Å². The van der Waals surface area contributed by atoms with Crippen molar-refractivity contribution in [1.29, 1.82) is 0 Å². The number of halogens is 1. The molecule has 0 radical (unpaired) electrons. The first-order valence-corrected chi connectivity index (χ1v) is 8.57. The van der Waals surface area contributed by atoms with Gasteiger partial charge in [-0.1, -0.05) is 41.9 Å². The van der Waals surface area contributed by atoms with Crippen LogP contribution >= 0.6 is 22.9 Å². The number of anilines is 1. The van der Waals surface area contributed by atoms with Crippen molar-refractivity contribution in [3.8, 4) is 17.0 Å². The normalized spacial score (nSPS) is 10.4. The van der Waals surface area contributed by atoms with Gasteiger partial charge < -0.3 is 4.74 Å². The molecule has 0 spiro atoms. The number of carbonyl (C=O) groups excluding carboxylic acids is 1. The second kappa shape index (κ2) is 7.47. The van der Waals surface area contributed by atoms with Crippen LogP contribution in [-0.2, 0) is 4.79 Å². The lowest BCUT2D eigenvalue weighted by atomic mass is 10.2. The van der Waals surface area contributed by atoms with Crippen LogP contribution in [0.3, 0.4) is 0 Å². The van der Waals surface area contributed by atoms with Crippen LogP contribution in [0, 0.1) is 6.92 Å². The summed E-state index contributed by atoms with van der Waals surface area (Å²) in [6, 6.07) is 15.1. The van der Waals surface area contributed by atoms with Crippen LogP contribution in [0.25, 0.3) is 11.3 Å². The lowest BCUT2D eigenvalue weighted by molar-refractivity contribution is -0.118. The summed E-state index contributed by atoms with van der Waals surface area (Å²) in [7, 11) is 0. The minimum atomic E-state index is -0.252. The summed E-state index contributed by atoms with van der Waals surface area (Å²) in [6.07, 6.45) is 0. The number of benzene rings is 2. The maximum Gasteiger partial charge on any atom is 0.264 e. The van der Waals surface area contributed by atoms with Crippen molar-refractivity contribution < 1.29 is 9.53 Å². The zero-order valence-electron chi connectivity index (χ0n) is 13.0. The van der Waals surface area contributed by atoms with Gasteiger partial charge in [0.05, 0.1) is 5.69 Å². The Morgan fingerprint density at radius 3 is 2.79 bits per heavy atom. The van der Waals surface area contributed by atoms with E-state index in [4.69, 9.17) is 16.3 Å². The van der Waals surface area contributed by atoms with E-state index in [9.17, 15) is 4.79 Å². The van der Waals surface area contributed by atoms with Gasteiger partial charge in [0.2, 0.25) is 0 Å². The summed E-state index contributed by atoms with van der Waals surface area (Å²) < 4.78 is 5.52. The number of thiazole rings is 1. The van der Waals surface area contributed by atoms with Crippen LogP contribution in [0.1, 0.15) is 5.56 Å². The van der Waals surface area contributed by atoms with E-state index in [-0.39, 0.29) is 12.5 Å². The minimum absolute atomic E-state index is 0.0806. The number of aromatic nitrogens is 1. The van der Waals surface area contributed by atoms with E-state index in [0.717, 1.165) is 16.8 Å². The third-order valence-electron chi connectivity index (χ3n) is 3.32. The molecule has 0 aliphatic carbocycles. The average Bonchev–Trinajstić information content (AvgIpc) is 3.03. The minimum Gasteiger partial charge on any atom is -0.483 e. The van der Waals surface area contributed by atoms with Crippen molar-refractivity contribution in [2.24, 2.45) is 0 Å². The van der Waals surface area contributed by atoms with Crippen molar-refractivity contribution in [1.82, 2.24) is 4.98 Å². The molecule has 1 N–H and O–H groups in total. The summed E-state index contributed by atoms with van der Waals surface area (Å²) in [5.74, 6) is 0.386. The summed E-state index contributed by atoms with van der Waals surface area (Å²) >= 11 is 7.28. The fourth-order valence-corrected chi connectivity index (χ4v) is 3.11. The molecule has 0 aliphatic heterocycles. The van der Waals surface area contributed by atoms with E-state index in [0.29, 0.717) is 15.9 Å². The van der Waals surface area contributed by atoms with Crippen molar-refractivity contribution in [2.75, 3.05) is 11.9 Å². The second-order valence-electron chi connectivity index (χ2n) is 5.15. The number of amides is 1. The maximum absolute atomic E-state index is 12.0. The summed E-state index contributed by atoms with van der Waals surface area (Å²) in [5.41, 5.74) is 2.74. The van der Waals surface area contributed by atoms with Gasteiger partial charge >= 0.3 is 0 Å². The molecule has 3 aromatic rings. The fourth-order valence-electron chi connectivity index (χ4n) is 2.15. The molecule has 6 heteroatoms. The van der Waals surface area contributed by atoms with Gasteiger partial charge in [0, 0.05) is 16.0 Å². The van der Waals surface area contributed by atoms with Gasteiger partial charge in [0.1, 0.15) is 5.75 Å². The van der Waals surface area contributed by atoms with Crippen LogP contribution in [-0.4, -0.2) is 17.5 Å². The molecule has 1 amide bonds. The van der Waals surface area contributed by atoms with Crippen molar-refractivity contribution >= 4 is 34.0 Å². The highest BCUT2D eigenvalue weighted by Gasteiger charge is 2.09. The van der Waals surface area contributed by atoms with Crippen LogP contribution in [0.4, 0.5) is 5.13 Å². The van der Waals surface area contributed by atoms with E-state index >= 15 is 0 Å². The molecule has 0 unspecified atom stereocenters. The Bertz CT molecular complexity index is 849.